The first kappa shape index (κ1) is 30.8. The molecule has 3 rings (SSSR count). The molecule has 0 saturated heterocycles. The Balaban J connectivity index is 0.000000281. The molecule has 0 saturated carbocycles. The van der Waals surface area contributed by atoms with Crippen molar-refractivity contribution in [3.63, 3.8) is 0 Å². The molecule has 0 fully saturated rings. The van der Waals surface area contributed by atoms with Gasteiger partial charge in [-0.1, -0.05) is 48.0 Å². The summed E-state index contributed by atoms with van der Waals surface area (Å²) in [6, 6.07) is 0. The number of fused-ring (bicyclic) bond motifs is 1. The average molecular weight is 612 g/mol. The molecule has 4 nitrogen and oxygen atoms in total. The Morgan fingerprint density at radius 1 is 0.500 bits per heavy atom. The Bertz CT molecular complexity index is 1500. The predicted octanol–water partition coefficient (Wildman–Crippen LogP) is 7.92. The van der Waals surface area contributed by atoms with Crippen molar-refractivity contribution in [2.75, 3.05) is 0 Å². The molecular formula is C22H6Cl3F9O4. The number of carbonyl (C=O) groups excluding carboxylic acids is 2. The van der Waals surface area contributed by atoms with E-state index >= 15 is 0 Å². The minimum Gasteiger partial charge on any atom is -0.420 e. The summed E-state index contributed by atoms with van der Waals surface area (Å²) in [5.74, 6) is -23.4. The summed E-state index contributed by atoms with van der Waals surface area (Å²) in [6.45, 7) is 6.01. The van der Waals surface area contributed by atoms with Gasteiger partial charge in [-0.25, -0.2) is 44.7 Å². The summed E-state index contributed by atoms with van der Waals surface area (Å²) >= 11 is 16.2. The fourth-order valence-electron chi connectivity index (χ4n) is 2.51. The van der Waals surface area contributed by atoms with Crippen LogP contribution in [-0.4, -0.2) is 11.9 Å². The van der Waals surface area contributed by atoms with E-state index in [4.69, 9.17) is 34.8 Å². The molecule has 0 aromatic heterocycles. The fourth-order valence-corrected chi connectivity index (χ4v) is 3.30. The first-order valence-electron chi connectivity index (χ1n) is 9.14. The second-order valence-corrected chi connectivity index (χ2v) is 7.56. The molecule has 0 aliphatic carbocycles. The molecule has 0 aliphatic rings. The standard InChI is InChI=1S/C13H3F7O2.C9H3Cl3F2O2/c1-2-3(21)22-13-9(17)5-4(8(16)12(13)20)6(14)10(18)11(19)7(5)15;1-2-3(15)16-9-5(11)7(13)4(10)8(14)6(9)12/h2H,1H2;2H,1H2. The minimum atomic E-state index is -2.45. The zero-order valence-corrected chi connectivity index (χ0v) is 20.0. The van der Waals surface area contributed by atoms with Gasteiger partial charge in [-0.2, -0.15) is 4.39 Å². The van der Waals surface area contributed by atoms with Crippen molar-refractivity contribution in [3.05, 3.63) is 92.7 Å². The van der Waals surface area contributed by atoms with Gasteiger partial charge in [0.1, 0.15) is 15.1 Å². The molecule has 38 heavy (non-hydrogen) atoms. The van der Waals surface area contributed by atoms with E-state index in [1.807, 2.05) is 0 Å². The van der Waals surface area contributed by atoms with Gasteiger partial charge in [0.05, 0.1) is 10.8 Å². The zero-order valence-electron chi connectivity index (χ0n) is 17.7. The molecular weight excluding hydrogens is 606 g/mol. The molecule has 0 radical (unpaired) electrons. The lowest BCUT2D eigenvalue weighted by atomic mass is 10.1. The van der Waals surface area contributed by atoms with E-state index < -0.39 is 102 Å². The van der Waals surface area contributed by atoms with Gasteiger partial charge in [-0.3, -0.25) is 0 Å². The summed E-state index contributed by atoms with van der Waals surface area (Å²) in [6.07, 6.45) is 1.24. The van der Waals surface area contributed by atoms with Gasteiger partial charge < -0.3 is 9.47 Å². The summed E-state index contributed by atoms with van der Waals surface area (Å²) in [4.78, 5) is 21.8. The average Bonchev–Trinajstić information content (AvgIpc) is 2.90. The number of benzene rings is 3. The van der Waals surface area contributed by atoms with Crippen LogP contribution in [0.3, 0.4) is 0 Å². The van der Waals surface area contributed by atoms with E-state index in [-0.39, 0.29) is 0 Å². The number of ether oxygens (including phenoxy) is 2. The first-order chi connectivity index (χ1) is 17.6. The van der Waals surface area contributed by atoms with Crippen molar-refractivity contribution < 1.29 is 58.6 Å². The van der Waals surface area contributed by atoms with Crippen LogP contribution >= 0.6 is 34.8 Å². The SMILES string of the molecule is C=CC(=O)Oc1c(Cl)c(F)c(Cl)c(F)c1Cl.C=CC(=O)Oc1c(F)c(F)c2c(F)c(F)c(F)c(F)c2c1F. The highest BCUT2D eigenvalue weighted by Crippen LogP contribution is 2.41. The highest BCUT2D eigenvalue weighted by atomic mass is 35.5. The largest absolute Gasteiger partial charge is 0.420 e. The normalized spacial score (nSPS) is 10.5. The first-order valence-corrected chi connectivity index (χ1v) is 10.3. The molecule has 202 valence electrons. The van der Waals surface area contributed by atoms with Crippen LogP contribution in [0.1, 0.15) is 0 Å². The third-order valence-corrected chi connectivity index (χ3v) is 5.21. The van der Waals surface area contributed by atoms with E-state index in [1.54, 1.807) is 0 Å². The van der Waals surface area contributed by atoms with Crippen LogP contribution in [0.25, 0.3) is 10.8 Å². The van der Waals surface area contributed by atoms with Gasteiger partial charge in [-0.15, -0.1) is 0 Å². The molecule has 16 heteroatoms. The third kappa shape index (κ3) is 5.54. The minimum absolute atomic E-state index is 0.448. The van der Waals surface area contributed by atoms with E-state index in [9.17, 15) is 49.1 Å². The predicted molar refractivity (Wildman–Crippen MR) is 117 cm³/mol. The molecule has 0 spiro atoms. The Hall–Kier alpha value is -3.42. The lowest BCUT2D eigenvalue weighted by Crippen LogP contribution is -2.11. The maximum absolute atomic E-state index is 13.9. The number of halogens is 12. The second-order valence-electron chi connectivity index (χ2n) is 6.43. The number of carbonyl (C=O) groups is 2. The van der Waals surface area contributed by atoms with Crippen molar-refractivity contribution in [1.82, 2.24) is 0 Å². The molecule has 0 aliphatic heterocycles. The van der Waals surface area contributed by atoms with Gasteiger partial charge in [0.2, 0.25) is 11.6 Å². The van der Waals surface area contributed by atoms with Crippen LogP contribution in [0.4, 0.5) is 39.5 Å². The van der Waals surface area contributed by atoms with Gasteiger partial charge >= 0.3 is 11.9 Å². The molecule has 0 heterocycles. The molecule has 3 aromatic carbocycles. The highest BCUT2D eigenvalue weighted by molar-refractivity contribution is 6.40. The second kappa shape index (κ2) is 12.0. The molecule has 0 N–H and O–H groups in total. The Labute approximate surface area is 220 Å². The zero-order chi connectivity index (χ0) is 29.2. The van der Waals surface area contributed by atoms with Crippen molar-refractivity contribution in [1.29, 1.82) is 0 Å². The van der Waals surface area contributed by atoms with Gasteiger partial charge in [-0.05, 0) is 0 Å². The molecule has 3 aromatic rings. The maximum Gasteiger partial charge on any atom is 0.335 e. The third-order valence-electron chi connectivity index (χ3n) is 4.21. The van der Waals surface area contributed by atoms with Crippen LogP contribution in [-0.2, 0) is 9.59 Å². The fraction of sp³-hybridized carbons (Fsp3) is 0. The monoisotopic (exact) mass is 610 g/mol. The van der Waals surface area contributed by atoms with E-state index in [0.717, 1.165) is 6.08 Å². The molecule has 0 unspecified atom stereocenters. The Kier molecular flexibility index (Phi) is 9.70. The number of esters is 2. The topological polar surface area (TPSA) is 52.6 Å². The van der Waals surface area contributed by atoms with E-state index in [0.29, 0.717) is 6.08 Å². The van der Waals surface area contributed by atoms with Gasteiger partial charge in [0.15, 0.2) is 52.3 Å². The van der Waals surface area contributed by atoms with Crippen LogP contribution in [0.2, 0.25) is 15.1 Å². The van der Waals surface area contributed by atoms with Gasteiger partial charge in [0.25, 0.3) is 0 Å². The van der Waals surface area contributed by atoms with Crippen molar-refractivity contribution in [2.45, 2.75) is 0 Å². The highest BCUT2D eigenvalue weighted by Gasteiger charge is 2.32. The number of rotatable bonds is 4. The maximum atomic E-state index is 13.9. The van der Waals surface area contributed by atoms with Crippen molar-refractivity contribution in [3.8, 4) is 11.5 Å². The summed E-state index contributed by atoms with van der Waals surface area (Å²) in [5, 5.41) is -5.74. The van der Waals surface area contributed by atoms with Crippen LogP contribution < -0.4 is 9.47 Å². The smallest absolute Gasteiger partial charge is 0.335 e. The van der Waals surface area contributed by atoms with Crippen molar-refractivity contribution in [2.24, 2.45) is 0 Å². The summed E-state index contributed by atoms with van der Waals surface area (Å²) < 4.78 is 129. The summed E-state index contributed by atoms with van der Waals surface area (Å²) in [5.41, 5.74) is 0. The van der Waals surface area contributed by atoms with Crippen LogP contribution in [0.5, 0.6) is 11.5 Å². The summed E-state index contributed by atoms with van der Waals surface area (Å²) in [7, 11) is 0. The molecule has 0 atom stereocenters. The number of hydrogen-bond donors (Lipinski definition) is 0. The number of hydrogen-bond acceptors (Lipinski definition) is 4. The van der Waals surface area contributed by atoms with E-state index in [2.05, 4.69) is 22.6 Å². The lowest BCUT2D eigenvalue weighted by molar-refractivity contribution is -0.130. The van der Waals surface area contributed by atoms with E-state index in [1.165, 1.54) is 0 Å². The van der Waals surface area contributed by atoms with Gasteiger partial charge in [0, 0.05) is 12.2 Å². The Morgan fingerprint density at radius 3 is 1.24 bits per heavy atom. The Morgan fingerprint density at radius 2 is 0.842 bits per heavy atom. The molecule has 0 bridgehead atoms. The van der Waals surface area contributed by atoms with Crippen molar-refractivity contribution >= 4 is 57.5 Å². The van der Waals surface area contributed by atoms with Crippen LogP contribution in [0.15, 0.2) is 25.3 Å². The quantitative estimate of drug-likeness (QED) is 0.0751. The van der Waals surface area contributed by atoms with Crippen LogP contribution in [0, 0.1) is 52.4 Å². The molecule has 0 amide bonds. The lowest BCUT2D eigenvalue weighted by Gasteiger charge is -2.11.